The van der Waals surface area contributed by atoms with E-state index in [1.54, 1.807) is 0 Å². The third kappa shape index (κ3) is 2.91. The van der Waals surface area contributed by atoms with E-state index < -0.39 is 0 Å². The maximum absolute atomic E-state index is 11.6. The van der Waals surface area contributed by atoms with Gasteiger partial charge in [0.15, 0.2) is 0 Å². The number of esters is 1. The number of benzene rings is 1. The molecule has 0 aromatic heterocycles. The molecule has 1 heterocycles. The zero-order valence-corrected chi connectivity index (χ0v) is 11.2. The van der Waals surface area contributed by atoms with Gasteiger partial charge in [-0.15, -0.1) is 0 Å². The third-order valence-corrected chi connectivity index (χ3v) is 3.49. The summed E-state index contributed by atoms with van der Waals surface area (Å²) in [5.74, 6) is 0.133. The Morgan fingerprint density at radius 3 is 3.11 bits per heavy atom. The van der Waals surface area contributed by atoms with Gasteiger partial charge in [0, 0.05) is 6.54 Å². The van der Waals surface area contributed by atoms with E-state index in [1.165, 1.54) is 16.7 Å². The monoisotopic (exact) mass is 247 g/mol. The summed E-state index contributed by atoms with van der Waals surface area (Å²) in [6.45, 7) is 6.38. The molecule has 0 saturated carbocycles. The summed E-state index contributed by atoms with van der Waals surface area (Å²) < 4.78 is 5.03. The van der Waals surface area contributed by atoms with E-state index in [4.69, 9.17) is 4.74 Å². The lowest BCUT2D eigenvalue weighted by Crippen LogP contribution is -2.25. The van der Waals surface area contributed by atoms with Crippen molar-refractivity contribution < 1.29 is 9.53 Å². The molecule has 0 fully saturated rings. The Morgan fingerprint density at radius 1 is 1.50 bits per heavy atom. The smallest absolute Gasteiger partial charge is 0.306 e. The summed E-state index contributed by atoms with van der Waals surface area (Å²) in [5, 5.41) is 3.38. The van der Waals surface area contributed by atoms with Crippen molar-refractivity contribution in [3.63, 3.8) is 0 Å². The molecule has 1 unspecified atom stereocenters. The molecule has 98 valence electrons. The molecular formula is C15H21NO2. The Kier molecular flexibility index (Phi) is 4.37. The van der Waals surface area contributed by atoms with E-state index in [2.05, 4.69) is 30.4 Å². The molecule has 1 atom stereocenters. The van der Waals surface area contributed by atoms with Crippen LogP contribution in [0, 0.1) is 0 Å². The highest BCUT2D eigenvalue weighted by Gasteiger charge is 2.18. The molecular weight excluding hydrogens is 226 g/mol. The molecule has 2 rings (SSSR count). The number of nitrogens with one attached hydrogen (secondary N) is 1. The van der Waals surface area contributed by atoms with Crippen LogP contribution in [0.5, 0.6) is 0 Å². The molecule has 1 aromatic carbocycles. The summed E-state index contributed by atoms with van der Waals surface area (Å²) in [4.78, 5) is 11.6. The van der Waals surface area contributed by atoms with Crippen molar-refractivity contribution in [1.82, 2.24) is 5.32 Å². The van der Waals surface area contributed by atoms with Crippen molar-refractivity contribution in [3.8, 4) is 0 Å². The molecule has 0 amide bonds. The minimum atomic E-state index is -0.100. The minimum Gasteiger partial charge on any atom is -0.466 e. The molecule has 0 radical (unpaired) electrons. The van der Waals surface area contributed by atoms with Crippen molar-refractivity contribution in [1.29, 1.82) is 0 Å². The van der Waals surface area contributed by atoms with E-state index in [0.717, 1.165) is 19.5 Å². The van der Waals surface area contributed by atoms with E-state index in [0.29, 0.717) is 13.0 Å². The summed E-state index contributed by atoms with van der Waals surface area (Å²) in [5.41, 5.74) is 4.10. The fourth-order valence-corrected chi connectivity index (χ4v) is 2.60. The molecule has 3 heteroatoms. The topological polar surface area (TPSA) is 38.3 Å². The maximum atomic E-state index is 11.6. The maximum Gasteiger partial charge on any atom is 0.306 e. The van der Waals surface area contributed by atoms with E-state index in [-0.39, 0.29) is 11.9 Å². The predicted octanol–water partition coefficient (Wildman–Crippen LogP) is 2.39. The van der Waals surface area contributed by atoms with Crippen molar-refractivity contribution in [2.45, 2.75) is 39.2 Å². The third-order valence-electron chi connectivity index (χ3n) is 3.49. The first-order valence-electron chi connectivity index (χ1n) is 6.69. The van der Waals surface area contributed by atoms with E-state index in [1.807, 2.05) is 6.92 Å². The second kappa shape index (κ2) is 6.01. The zero-order chi connectivity index (χ0) is 13.0. The van der Waals surface area contributed by atoms with Gasteiger partial charge in [-0.25, -0.2) is 0 Å². The highest BCUT2D eigenvalue weighted by Crippen LogP contribution is 2.27. The van der Waals surface area contributed by atoms with Crippen LogP contribution >= 0.6 is 0 Å². The Hall–Kier alpha value is -1.35. The van der Waals surface area contributed by atoms with Crippen LogP contribution < -0.4 is 5.32 Å². The fourth-order valence-electron chi connectivity index (χ4n) is 2.60. The average molecular weight is 247 g/mol. The highest BCUT2D eigenvalue weighted by molar-refractivity contribution is 5.70. The van der Waals surface area contributed by atoms with Gasteiger partial charge in [-0.3, -0.25) is 4.79 Å². The first-order valence-corrected chi connectivity index (χ1v) is 6.69. The van der Waals surface area contributed by atoms with Gasteiger partial charge in [-0.2, -0.15) is 0 Å². The second-order valence-electron chi connectivity index (χ2n) is 4.82. The van der Waals surface area contributed by atoms with Crippen molar-refractivity contribution in [3.05, 3.63) is 34.9 Å². The van der Waals surface area contributed by atoms with Crippen LogP contribution in [0.1, 0.15) is 42.9 Å². The lowest BCUT2D eigenvalue weighted by atomic mass is 9.87. The molecule has 0 spiro atoms. The van der Waals surface area contributed by atoms with Crippen LogP contribution in [-0.4, -0.2) is 19.1 Å². The molecule has 18 heavy (non-hydrogen) atoms. The van der Waals surface area contributed by atoms with Gasteiger partial charge in [-0.1, -0.05) is 25.1 Å². The van der Waals surface area contributed by atoms with Gasteiger partial charge in [0.1, 0.15) is 0 Å². The Balaban J connectivity index is 2.15. The van der Waals surface area contributed by atoms with Gasteiger partial charge in [-0.05, 0) is 42.5 Å². The summed E-state index contributed by atoms with van der Waals surface area (Å²) in [6.07, 6.45) is 1.52. The Bertz CT molecular complexity index is 429. The zero-order valence-electron chi connectivity index (χ0n) is 11.2. The minimum absolute atomic E-state index is 0.100. The Morgan fingerprint density at radius 2 is 2.33 bits per heavy atom. The largest absolute Gasteiger partial charge is 0.466 e. The lowest BCUT2D eigenvalue weighted by molar-refractivity contribution is -0.143. The number of ether oxygens (including phenoxy) is 1. The SMILES string of the molecule is CCOC(=O)CC(C)c1cccc2c1CCNC2. The number of rotatable bonds is 4. The lowest BCUT2D eigenvalue weighted by Gasteiger charge is -2.23. The number of fused-ring (bicyclic) bond motifs is 1. The standard InChI is InChI=1S/C15H21NO2/c1-3-18-15(17)9-11(2)13-6-4-5-12-10-16-8-7-14(12)13/h4-6,11,16H,3,7-10H2,1-2H3. The first kappa shape index (κ1) is 13.1. The van der Waals surface area contributed by atoms with E-state index >= 15 is 0 Å². The van der Waals surface area contributed by atoms with Crippen LogP contribution in [0.3, 0.4) is 0 Å². The molecule has 1 aromatic rings. The van der Waals surface area contributed by atoms with Crippen LogP contribution in [0.25, 0.3) is 0 Å². The number of carbonyl (C=O) groups excluding carboxylic acids is 1. The number of hydrogen-bond donors (Lipinski definition) is 1. The van der Waals surface area contributed by atoms with Gasteiger partial charge < -0.3 is 10.1 Å². The fraction of sp³-hybridized carbons (Fsp3) is 0.533. The first-order chi connectivity index (χ1) is 8.72. The molecule has 1 N–H and O–H groups in total. The number of carbonyl (C=O) groups is 1. The molecule has 0 saturated heterocycles. The van der Waals surface area contributed by atoms with E-state index in [9.17, 15) is 4.79 Å². The van der Waals surface area contributed by atoms with Gasteiger partial charge in [0.25, 0.3) is 0 Å². The van der Waals surface area contributed by atoms with Crippen LogP contribution in [0.15, 0.2) is 18.2 Å². The van der Waals surface area contributed by atoms with Crippen molar-refractivity contribution in [2.24, 2.45) is 0 Å². The molecule has 1 aliphatic heterocycles. The molecule has 3 nitrogen and oxygen atoms in total. The van der Waals surface area contributed by atoms with Gasteiger partial charge in [0.2, 0.25) is 0 Å². The normalized spacial score (nSPS) is 15.9. The average Bonchev–Trinajstić information content (AvgIpc) is 2.38. The summed E-state index contributed by atoms with van der Waals surface area (Å²) >= 11 is 0. The van der Waals surface area contributed by atoms with Crippen LogP contribution in [0.2, 0.25) is 0 Å². The van der Waals surface area contributed by atoms with Crippen molar-refractivity contribution in [2.75, 3.05) is 13.2 Å². The second-order valence-corrected chi connectivity index (χ2v) is 4.82. The van der Waals surface area contributed by atoms with Gasteiger partial charge in [0.05, 0.1) is 13.0 Å². The Labute approximate surface area is 109 Å². The molecule has 0 aliphatic carbocycles. The van der Waals surface area contributed by atoms with Crippen molar-refractivity contribution >= 4 is 5.97 Å². The summed E-state index contributed by atoms with van der Waals surface area (Å²) in [6, 6.07) is 6.40. The number of hydrogen-bond acceptors (Lipinski definition) is 3. The quantitative estimate of drug-likeness (QED) is 0.830. The molecule has 1 aliphatic rings. The van der Waals surface area contributed by atoms with Gasteiger partial charge >= 0.3 is 5.97 Å². The molecule has 0 bridgehead atoms. The van der Waals surface area contributed by atoms with Crippen LogP contribution in [0.4, 0.5) is 0 Å². The summed E-state index contributed by atoms with van der Waals surface area (Å²) in [7, 11) is 0. The van der Waals surface area contributed by atoms with Crippen LogP contribution in [-0.2, 0) is 22.5 Å². The highest BCUT2D eigenvalue weighted by atomic mass is 16.5. The predicted molar refractivity (Wildman–Crippen MR) is 71.5 cm³/mol.